The van der Waals surface area contributed by atoms with Gasteiger partial charge in [-0.1, -0.05) is 27.7 Å². The summed E-state index contributed by atoms with van der Waals surface area (Å²) in [5, 5.41) is 3.66. The SMILES string of the molecule is CCCN(CC)CCCN(CCCNC(CC)CC)C[Si](OC)(OC)OC. The third-order valence-electron chi connectivity index (χ3n) is 5.36. The van der Waals surface area contributed by atoms with E-state index in [-0.39, 0.29) is 0 Å². The van der Waals surface area contributed by atoms with Gasteiger partial charge in [-0.15, -0.1) is 0 Å². The minimum Gasteiger partial charge on any atom is -0.376 e. The van der Waals surface area contributed by atoms with E-state index in [1.54, 1.807) is 21.3 Å². The zero-order chi connectivity index (χ0) is 20.5. The average molecular weight is 406 g/mol. The number of nitrogens with zero attached hydrogens (tertiary/aromatic N) is 2. The van der Waals surface area contributed by atoms with Crippen molar-refractivity contribution in [3.8, 4) is 0 Å². The van der Waals surface area contributed by atoms with Crippen LogP contribution in [0.4, 0.5) is 0 Å². The van der Waals surface area contributed by atoms with Crippen molar-refractivity contribution >= 4 is 8.80 Å². The highest BCUT2D eigenvalue weighted by atomic mass is 28.4. The second-order valence-corrected chi connectivity index (χ2v) is 10.1. The molecule has 0 amide bonds. The zero-order valence-electron chi connectivity index (χ0n) is 19.2. The predicted octanol–water partition coefficient (Wildman–Crippen LogP) is 3.00. The van der Waals surface area contributed by atoms with Gasteiger partial charge >= 0.3 is 8.80 Å². The van der Waals surface area contributed by atoms with Crippen LogP contribution in [-0.2, 0) is 13.3 Å². The minimum absolute atomic E-state index is 0.635. The van der Waals surface area contributed by atoms with Crippen LogP contribution in [0.15, 0.2) is 0 Å². The Morgan fingerprint density at radius 1 is 0.778 bits per heavy atom. The van der Waals surface area contributed by atoms with Crippen LogP contribution in [0.5, 0.6) is 0 Å². The molecule has 0 aromatic rings. The molecule has 0 aliphatic rings. The average Bonchev–Trinajstić information content (AvgIpc) is 2.71. The molecule has 27 heavy (non-hydrogen) atoms. The molecule has 0 aromatic carbocycles. The minimum atomic E-state index is -2.59. The standard InChI is InChI=1S/C20H47N3O3Si/c1-8-15-22(11-4)17-13-18-23(19-27(24-5,25-6)26-7)16-12-14-21-20(9-2)10-3/h20-21H,8-19H2,1-7H3. The Hall–Kier alpha value is -0.0231. The van der Waals surface area contributed by atoms with E-state index in [1.807, 2.05) is 0 Å². The van der Waals surface area contributed by atoms with Gasteiger partial charge in [-0.2, -0.15) is 0 Å². The van der Waals surface area contributed by atoms with E-state index < -0.39 is 8.80 Å². The maximum atomic E-state index is 5.66. The number of nitrogens with one attached hydrogen (secondary N) is 1. The first-order valence-corrected chi connectivity index (χ1v) is 12.8. The first kappa shape index (κ1) is 27.0. The first-order chi connectivity index (χ1) is 13.0. The summed E-state index contributed by atoms with van der Waals surface area (Å²) in [6.45, 7) is 15.6. The van der Waals surface area contributed by atoms with E-state index in [0.717, 1.165) is 51.7 Å². The van der Waals surface area contributed by atoms with Gasteiger partial charge in [0.05, 0.1) is 6.17 Å². The van der Waals surface area contributed by atoms with Crippen molar-refractivity contribution in [1.82, 2.24) is 15.1 Å². The van der Waals surface area contributed by atoms with E-state index in [4.69, 9.17) is 13.3 Å². The summed E-state index contributed by atoms with van der Waals surface area (Å²) in [6.07, 6.45) is 6.64. The van der Waals surface area contributed by atoms with Gasteiger partial charge in [-0.3, -0.25) is 4.90 Å². The largest absolute Gasteiger partial charge is 0.514 e. The van der Waals surface area contributed by atoms with Gasteiger partial charge in [0.1, 0.15) is 0 Å². The summed E-state index contributed by atoms with van der Waals surface area (Å²) in [4.78, 5) is 5.00. The normalized spacial score (nSPS) is 12.7. The Morgan fingerprint density at radius 2 is 1.33 bits per heavy atom. The molecule has 0 unspecified atom stereocenters. The molecule has 1 N–H and O–H groups in total. The van der Waals surface area contributed by atoms with Crippen LogP contribution in [0.1, 0.15) is 59.8 Å². The lowest BCUT2D eigenvalue weighted by molar-refractivity contribution is 0.101. The maximum Gasteiger partial charge on any atom is 0.514 e. The molecule has 0 bridgehead atoms. The molecule has 0 rings (SSSR count). The molecule has 0 saturated heterocycles. The second-order valence-electron chi connectivity index (χ2n) is 7.18. The Labute approximate surface area is 170 Å². The molecular formula is C20H47N3O3Si. The highest BCUT2D eigenvalue weighted by Gasteiger charge is 2.39. The fraction of sp³-hybridized carbons (Fsp3) is 1.00. The monoisotopic (exact) mass is 405 g/mol. The van der Waals surface area contributed by atoms with Crippen molar-refractivity contribution in [2.24, 2.45) is 0 Å². The van der Waals surface area contributed by atoms with Crippen LogP contribution >= 0.6 is 0 Å². The van der Waals surface area contributed by atoms with E-state index in [9.17, 15) is 0 Å². The van der Waals surface area contributed by atoms with E-state index in [1.165, 1.54) is 25.8 Å². The molecule has 0 saturated carbocycles. The fourth-order valence-corrected chi connectivity index (χ4v) is 5.19. The van der Waals surface area contributed by atoms with Crippen molar-refractivity contribution in [1.29, 1.82) is 0 Å². The van der Waals surface area contributed by atoms with Gasteiger partial charge in [0.2, 0.25) is 0 Å². The molecule has 0 radical (unpaired) electrons. The summed E-state index contributed by atoms with van der Waals surface area (Å²) >= 11 is 0. The fourth-order valence-electron chi connectivity index (χ4n) is 3.44. The maximum absolute atomic E-state index is 5.66. The number of hydrogen-bond donors (Lipinski definition) is 1. The molecule has 164 valence electrons. The van der Waals surface area contributed by atoms with Crippen LogP contribution in [0.25, 0.3) is 0 Å². The molecule has 6 nitrogen and oxygen atoms in total. The number of rotatable bonds is 19. The van der Waals surface area contributed by atoms with Gasteiger partial charge < -0.3 is 23.5 Å². The van der Waals surface area contributed by atoms with Crippen molar-refractivity contribution in [3.05, 3.63) is 0 Å². The Balaban J connectivity index is 4.60. The van der Waals surface area contributed by atoms with Crippen molar-refractivity contribution < 1.29 is 13.3 Å². The lowest BCUT2D eigenvalue weighted by Crippen LogP contribution is -2.54. The lowest BCUT2D eigenvalue weighted by atomic mass is 10.2. The van der Waals surface area contributed by atoms with Crippen molar-refractivity contribution in [3.63, 3.8) is 0 Å². The summed E-state index contributed by atoms with van der Waals surface area (Å²) in [5.74, 6) is 0. The van der Waals surface area contributed by atoms with Gasteiger partial charge in [-0.05, 0) is 71.4 Å². The van der Waals surface area contributed by atoms with E-state index in [2.05, 4.69) is 42.8 Å². The highest BCUT2D eigenvalue weighted by molar-refractivity contribution is 6.60. The van der Waals surface area contributed by atoms with Crippen LogP contribution in [-0.4, -0.2) is 91.4 Å². The molecule has 0 aromatic heterocycles. The van der Waals surface area contributed by atoms with Gasteiger partial charge in [-0.25, -0.2) is 0 Å². The molecule has 0 heterocycles. The third kappa shape index (κ3) is 11.5. The Bertz CT molecular complexity index is 321. The predicted molar refractivity (Wildman–Crippen MR) is 117 cm³/mol. The molecule has 0 spiro atoms. The summed E-state index contributed by atoms with van der Waals surface area (Å²) in [6, 6.07) is 0.635. The van der Waals surface area contributed by atoms with E-state index >= 15 is 0 Å². The highest BCUT2D eigenvalue weighted by Crippen LogP contribution is 2.10. The van der Waals surface area contributed by atoms with Crippen LogP contribution in [0.2, 0.25) is 0 Å². The molecule has 0 fully saturated rings. The smallest absolute Gasteiger partial charge is 0.376 e. The van der Waals surface area contributed by atoms with Crippen molar-refractivity contribution in [2.75, 3.05) is 66.8 Å². The van der Waals surface area contributed by atoms with Crippen LogP contribution in [0, 0.1) is 0 Å². The van der Waals surface area contributed by atoms with Crippen molar-refractivity contribution in [2.45, 2.75) is 65.8 Å². The van der Waals surface area contributed by atoms with Crippen LogP contribution in [0.3, 0.4) is 0 Å². The number of hydrogen-bond acceptors (Lipinski definition) is 6. The summed E-state index contributed by atoms with van der Waals surface area (Å²) in [7, 11) is 2.52. The second kappa shape index (κ2) is 16.9. The Morgan fingerprint density at radius 3 is 1.81 bits per heavy atom. The van der Waals surface area contributed by atoms with Gasteiger partial charge in [0.25, 0.3) is 0 Å². The zero-order valence-corrected chi connectivity index (χ0v) is 20.2. The van der Waals surface area contributed by atoms with Crippen LogP contribution < -0.4 is 5.32 Å². The Kier molecular flexibility index (Phi) is 16.9. The molecule has 0 aliphatic heterocycles. The summed E-state index contributed by atoms with van der Waals surface area (Å²) < 4.78 is 17.0. The molecule has 0 aliphatic carbocycles. The third-order valence-corrected chi connectivity index (χ3v) is 8.06. The molecular weight excluding hydrogens is 358 g/mol. The first-order valence-electron chi connectivity index (χ1n) is 10.9. The molecule has 7 heteroatoms. The van der Waals surface area contributed by atoms with Gasteiger partial charge in [0, 0.05) is 27.4 Å². The quantitative estimate of drug-likeness (QED) is 0.263. The topological polar surface area (TPSA) is 46.2 Å². The van der Waals surface area contributed by atoms with Gasteiger partial charge in [0.15, 0.2) is 0 Å². The lowest BCUT2D eigenvalue weighted by Gasteiger charge is -2.32. The molecule has 0 atom stereocenters. The van der Waals surface area contributed by atoms with E-state index in [0.29, 0.717) is 6.04 Å². The summed E-state index contributed by atoms with van der Waals surface area (Å²) in [5.41, 5.74) is 0.